The smallest absolute Gasteiger partial charge is 0.113 e. The summed E-state index contributed by atoms with van der Waals surface area (Å²) in [4.78, 5) is 0. The number of rotatable bonds is 3. The highest BCUT2D eigenvalue weighted by molar-refractivity contribution is 5.14. The van der Waals surface area contributed by atoms with Crippen LogP contribution in [0, 0.1) is 0 Å². The maximum absolute atomic E-state index is 8.75. The topological polar surface area (TPSA) is 40.5 Å². The summed E-state index contributed by atoms with van der Waals surface area (Å²) in [5, 5.41) is 17.0. The Morgan fingerprint density at radius 2 is 2.22 bits per heavy atom. The van der Waals surface area contributed by atoms with Crippen LogP contribution in [-0.4, -0.2) is 16.8 Å². The molecule has 0 rings (SSSR count). The van der Waals surface area contributed by atoms with Gasteiger partial charge in [-0.1, -0.05) is 18.7 Å². The Kier molecular flexibility index (Phi) is 4.54. The van der Waals surface area contributed by atoms with Crippen LogP contribution in [-0.2, 0) is 0 Å². The minimum absolute atomic E-state index is 0.0531. The third-order valence-corrected chi connectivity index (χ3v) is 0.703. The molecule has 0 aliphatic heterocycles. The van der Waals surface area contributed by atoms with E-state index in [1.165, 1.54) is 12.2 Å². The van der Waals surface area contributed by atoms with Crippen molar-refractivity contribution in [2.24, 2.45) is 0 Å². The van der Waals surface area contributed by atoms with E-state index >= 15 is 0 Å². The Labute approximate surface area is 54.4 Å². The Bertz CT molecular complexity index is 134. The van der Waals surface area contributed by atoms with Gasteiger partial charge in [-0.3, -0.25) is 0 Å². The van der Waals surface area contributed by atoms with Crippen LogP contribution in [0.25, 0.3) is 0 Å². The molecule has 0 radical (unpaired) electrons. The monoisotopic (exact) mass is 126 g/mol. The van der Waals surface area contributed by atoms with Crippen molar-refractivity contribution in [2.45, 2.75) is 0 Å². The lowest BCUT2D eigenvalue weighted by Gasteiger charge is -1.85. The first-order chi connectivity index (χ1) is 4.31. The standard InChI is InChI=1S/C7H10O2/c1-2-3-4-7(9)5-6-8/h2-5,8-9H,1,6H2/b4-3-,7-5+. The average Bonchev–Trinajstić information content (AvgIpc) is 1.85. The van der Waals surface area contributed by atoms with E-state index in [1.807, 2.05) is 0 Å². The molecule has 0 aromatic carbocycles. The third-order valence-electron chi connectivity index (χ3n) is 0.703. The van der Waals surface area contributed by atoms with Gasteiger partial charge in [-0.25, -0.2) is 0 Å². The zero-order valence-electron chi connectivity index (χ0n) is 5.12. The van der Waals surface area contributed by atoms with E-state index in [-0.39, 0.29) is 12.4 Å². The second-order valence-electron chi connectivity index (χ2n) is 1.41. The van der Waals surface area contributed by atoms with Crippen LogP contribution in [0.1, 0.15) is 0 Å². The lowest BCUT2D eigenvalue weighted by Crippen LogP contribution is -1.77. The quantitative estimate of drug-likeness (QED) is 0.440. The van der Waals surface area contributed by atoms with Crippen LogP contribution in [0.5, 0.6) is 0 Å². The van der Waals surface area contributed by atoms with Gasteiger partial charge in [0.15, 0.2) is 0 Å². The fraction of sp³-hybridized carbons (Fsp3) is 0.143. The van der Waals surface area contributed by atoms with Gasteiger partial charge >= 0.3 is 0 Å². The van der Waals surface area contributed by atoms with E-state index in [2.05, 4.69) is 6.58 Å². The molecule has 0 fully saturated rings. The number of hydrogen-bond acceptors (Lipinski definition) is 2. The summed E-state index contributed by atoms with van der Waals surface area (Å²) < 4.78 is 0. The molecule has 0 bridgehead atoms. The lowest BCUT2D eigenvalue weighted by atomic mass is 10.4. The summed E-state index contributed by atoms with van der Waals surface area (Å²) >= 11 is 0. The summed E-state index contributed by atoms with van der Waals surface area (Å²) in [7, 11) is 0. The Morgan fingerprint density at radius 3 is 2.67 bits per heavy atom. The van der Waals surface area contributed by atoms with Gasteiger partial charge < -0.3 is 10.2 Å². The van der Waals surface area contributed by atoms with Crippen LogP contribution in [0.2, 0.25) is 0 Å². The molecule has 0 aliphatic rings. The van der Waals surface area contributed by atoms with Crippen molar-refractivity contribution in [3.63, 3.8) is 0 Å². The van der Waals surface area contributed by atoms with Crippen LogP contribution < -0.4 is 0 Å². The predicted molar refractivity (Wildman–Crippen MR) is 37.1 cm³/mol. The number of aliphatic hydroxyl groups excluding tert-OH is 2. The molecule has 0 aliphatic carbocycles. The summed E-state index contributed by atoms with van der Waals surface area (Å²) in [5.41, 5.74) is 0. The second-order valence-corrected chi connectivity index (χ2v) is 1.41. The fourth-order valence-corrected chi connectivity index (χ4v) is 0.328. The second kappa shape index (κ2) is 5.12. The van der Waals surface area contributed by atoms with E-state index in [4.69, 9.17) is 10.2 Å². The molecule has 0 heterocycles. The van der Waals surface area contributed by atoms with Crippen molar-refractivity contribution in [1.29, 1.82) is 0 Å². The molecule has 0 aromatic heterocycles. The first-order valence-electron chi connectivity index (χ1n) is 2.60. The molecule has 0 spiro atoms. The van der Waals surface area contributed by atoms with Gasteiger partial charge in [0.2, 0.25) is 0 Å². The van der Waals surface area contributed by atoms with Gasteiger partial charge in [-0.05, 0) is 12.2 Å². The Hall–Kier alpha value is -1.02. The largest absolute Gasteiger partial charge is 0.508 e. The molecular formula is C7H10O2. The van der Waals surface area contributed by atoms with E-state index in [9.17, 15) is 0 Å². The summed E-state index contributed by atoms with van der Waals surface area (Å²) in [6.07, 6.45) is 5.87. The zero-order chi connectivity index (χ0) is 7.11. The van der Waals surface area contributed by atoms with Crippen molar-refractivity contribution in [2.75, 3.05) is 6.61 Å². The molecule has 2 nitrogen and oxygen atoms in total. The average molecular weight is 126 g/mol. The van der Waals surface area contributed by atoms with Crippen molar-refractivity contribution in [1.82, 2.24) is 0 Å². The van der Waals surface area contributed by atoms with E-state index < -0.39 is 0 Å². The van der Waals surface area contributed by atoms with Crippen LogP contribution in [0.15, 0.2) is 36.6 Å². The van der Waals surface area contributed by atoms with Gasteiger partial charge in [0, 0.05) is 0 Å². The van der Waals surface area contributed by atoms with Crippen LogP contribution in [0.3, 0.4) is 0 Å². The molecule has 0 unspecified atom stereocenters. The maximum Gasteiger partial charge on any atom is 0.113 e. The molecule has 0 amide bonds. The summed E-state index contributed by atoms with van der Waals surface area (Å²) in [6.45, 7) is 3.26. The van der Waals surface area contributed by atoms with Crippen LogP contribution >= 0.6 is 0 Å². The summed E-state index contributed by atoms with van der Waals surface area (Å²) in [6, 6.07) is 0. The number of aliphatic hydroxyl groups is 2. The molecule has 0 saturated heterocycles. The fourth-order valence-electron chi connectivity index (χ4n) is 0.328. The van der Waals surface area contributed by atoms with Crippen molar-refractivity contribution >= 4 is 0 Å². The predicted octanol–water partition coefficient (Wildman–Crippen LogP) is 1.16. The SMILES string of the molecule is C=C/C=C\C(O)=C/CO. The number of hydrogen-bond donors (Lipinski definition) is 2. The van der Waals surface area contributed by atoms with Gasteiger partial charge in [0.05, 0.1) is 6.61 Å². The first-order valence-corrected chi connectivity index (χ1v) is 2.60. The third kappa shape index (κ3) is 4.84. The highest BCUT2D eigenvalue weighted by Crippen LogP contribution is 1.88. The molecule has 0 atom stereocenters. The van der Waals surface area contributed by atoms with Gasteiger partial charge in [-0.2, -0.15) is 0 Å². The van der Waals surface area contributed by atoms with Crippen molar-refractivity contribution < 1.29 is 10.2 Å². The Balaban J connectivity index is 3.74. The summed E-state index contributed by atoms with van der Waals surface area (Å²) in [5.74, 6) is 0.0531. The molecule has 9 heavy (non-hydrogen) atoms. The maximum atomic E-state index is 8.75. The van der Waals surface area contributed by atoms with Gasteiger partial charge in [0.25, 0.3) is 0 Å². The highest BCUT2D eigenvalue weighted by Gasteiger charge is 1.78. The van der Waals surface area contributed by atoms with Crippen molar-refractivity contribution in [3.05, 3.63) is 36.6 Å². The van der Waals surface area contributed by atoms with Crippen molar-refractivity contribution in [3.8, 4) is 0 Å². The van der Waals surface area contributed by atoms with Gasteiger partial charge in [0.1, 0.15) is 5.76 Å². The normalized spacial score (nSPS) is 12.3. The highest BCUT2D eigenvalue weighted by atomic mass is 16.3. The molecule has 0 saturated carbocycles. The van der Waals surface area contributed by atoms with E-state index in [1.54, 1.807) is 12.2 Å². The molecule has 50 valence electrons. The molecule has 2 N–H and O–H groups in total. The molecular weight excluding hydrogens is 116 g/mol. The molecule has 2 heteroatoms. The van der Waals surface area contributed by atoms with E-state index in [0.717, 1.165) is 0 Å². The molecule has 0 aromatic rings. The minimum atomic E-state index is -0.146. The van der Waals surface area contributed by atoms with Crippen LogP contribution in [0.4, 0.5) is 0 Å². The van der Waals surface area contributed by atoms with E-state index in [0.29, 0.717) is 0 Å². The first kappa shape index (κ1) is 7.98. The lowest BCUT2D eigenvalue weighted by molar-refractivity contribution is 0.332. The zero-order valence-corrected chi connectivity index (χ0v) is 5.12. The number of allylic oxidation sites excluding steroid dienone is 3. The van der Waals surface area contributed by atoms with Gasteiger partial charge in [-0.15, -0.1) is 0 Å². The minimum Gasteiger partial charge on any atom is -0.508 e. The Morgan fingerprint density at radius 1 is 1.56 bits per heavy atom.